The van der Waals surface area contributed by atoms with Crippen molar-refractivity contribution in [1.29, 1.82) is 0 Å². The van der Waals surface area contributed by atoms with Gasteiger partial charge in [-0.1, -0.05) is 96.8 Å². The number of hydrazone groups is 1. The number of thioether (sulfide) groups is 1. The molecule has 3 aliphatic heterocycles. The highest BCUT2D eigenvalue weighted by Crippen LogP contribution is 2.38. The minimum atomic E-state index is -3.11. The van der Waals surface area contributed by atoms with Gasteiger partial charge in [0, 0.05) is 6.42 Å². The fourth-order valence-electron chi connectivity index (χ4n) is 5.14. The van der Waals surface area contributed by atoms with Crippen LogP contribution in [0.15, 0.2) is 94.9 Å². The Morgan fingerprint density at radius 3 is 2.29 bits per heavy atom. The summed E-state index contributed by atoms with van der Waals surface area (Å²) >= 11 is 6.67. The third-order valence-electron chi connectivity index (χ3n) is 7.05. The molecule has 0 spiro atoms. The Hall–Kier alpha value is -3.27. The van der Waals surface area contributed by atoms with Crippen LogP contribution in [-0.2, 0) is 14.6 Å². The molecular weight excluding hydrogens is 535 g/mol. The number of amides is 1. The van der Waals surface area contributed by atoms with Crippen LogP contribution in [0.4, 0.5) is 5.69 Å². The molecule has 9 heteroatoms. The number of nitrogens with zero attached hydrogens (tertiary/aromatic N) is 3. The average Bonchev–Trinajstić information content (AvgIpc) is 3.60. The smallest absolute Gasteiger partial charge is 0.266 e. The zero-order valence-electron chi connectivity index (χ0n) is 20.4. The van der Waals surface area contributed by atoms with E-state index in [1.165, 1.54) is 22.2 Å². The second-order valence-electron chi connectivity index (χ2n) is 9.59. The maximum absolute atomic E-state index is 13.1. The van der Waals surface area contributed by atoms with Crippen LogP contribution in [0, 0.1) is 0 Å². The first-order valence-corrected chi connectivity index (χ1v) is 15.5. The number of hydrogen-bond acceptors (Lipinski definition) is 7. The number of carbonyl (C=O) groups excluding carboxylic acids is 1. The Balaban J connectivity index is 1.25. The first kappa shape index (κ1) is 25.0. The van der Waals surface area contributed by atoms with Gasteiger partial charge in [-0.05, 0) is 41.3 Å². The molecule has 0 aromatic heterocycles. The molecule has 0 unspecified atom stereocenters. The third kappa shape index (κ3) is 4.93. The van der Waals surface area contributed by atoms with Crippen LogP contribution in [0.3, 0.4) is 0 Å². The van der Waals surface area contributed by atoms with Gasteiger partial charge < -0.3 is 0 Å². The molecule has 0 N–H and O–H groups in total. The summed E-state index contributed by atoms with van der Waals surface area (Å²) < 4.78 is 24.3. The van der Waals surface area contributed by atoms with Crippen molar-refractivity contribution in [1.82, 2.24) is 4.90 Å². The second-order valence-corrected chi connectivity index (χ2v) is 13.5. The molecule has 192 valence electrons. The molecule has 3 aromatic carbocycles. The molecule has 2 saturated heterocycles. The monoisotopic (exact) mass is 559 g/mol. The van der Waals surface area contributed by atoms with Gasteiger partial charge in [0.1, 0.15) is 4.32 Å². The van der Waals surface area contributed by atoms with E-state index < -0.39 is 9.84 Å². The van der Waals surface area contributed by atoms with Gasteiger partial charge >= 0.3 is 0 Å². The van der Waals surface area contributed by atoms with E-state index in [-0.39, 0.29) is 29.5 Å². The van der Waals surface area contributed by atoms with Gasteiger partial charge in [0.15, 0.2) is 9.84 Å². The second kappa shape index (κ2) is 10.1. The van der Waals surface area contributed by atoms with Crippen LogP contribution < -0.4 is 5.01 Å². The predicted molar refractivity (Wildman–Crippen MR) is 158 cm³/mol. The van der Waals surface area contributed by atoms with Gasteiger partial charge in [0.05, 0.1) is 39.9 Å². The van der Waals surface area contributed by atoms with Crippen molar-refractivity contribution >= 4 is 61.5 Å². The minimum Gasteiger partial charge on any atom is -0.289 e. The van der Waals surface area contributed by atoms with Gasteiger partial charge in [0.2, 0.25) is 0 Å². The quantitative estimate of drug-likeness (QED) is 0.307. The van der Waals surface area contributed by atoms with Crippen molar-refractivity contribution in [3.63, 3.8) is 0 Å². The SMILES string of the molecule is O=C1/C(=C/c2ccc(N3N=C(c4ccccc4)C[C@H]3c3ccccc3)cc2)SC(=S)N1[C@@H]1CCS(=O)(=O)C1. The largest absolute Gasteiger partial charge is 0.289 e. The van der Waals surface area contributed by atoms with Crippen LogP contribution in [0.25, 0.3) is 6.08 Å². The lowest BCUT2D eigenvalue weighted by atomic mass is 9.98. The Kier molecular flexibility index (Phi) is 6.67. The lowest BCUT2D eigenvalue weighted by molar-refractivity contribution is -0.123. The summed E-state index contributed by atoms with van der Waals surface area (Å²) in [5.74, 6) is -0.137. The van der Waals surface area contributed by atoms with Gasteiger partial charge in [-0.2, -0.15) is 5.10 Å². The van der Waals surface area contributed by atoms with Gasteiger partial charge in [-0.15, -0.1) is 0 Å². The van der Waals surface area contributed by atoms with Crippen molar-refractivity contribution in [2.75, 3.05) is 16.5 Å². The molecule has 2 atom stereocenters. The van der Waals surface area contributed by atoms with Crippen molar-refractivity contribution < 1.29 is 13.2 Å². The lowest BCUT2D eigenvalue weighted by Crippen LogP contribution is -2.39. The molecule has 38 heavy (non-hydrogen) atoms. The van der Waals surface area contributed by atoms with E-state index in [1.54, 1.807) is 0 Å². The van der Waals surface area contributed by atoms with Crippen LogP contribution in [0.5, 0.6) is 0 Å². The van der Waals surface area contributed by atoms with Gasteiger partial charge in [-0.25, -0.2) is 8.42 Å². The highest BCUT2D eigenvalue weighted by atomic mass is 32.2. The van der Waals surface area contributed by atoms with Crippen molar-refractivity contribution in [2.24, 2.45) is 5.10 Å². The third-order valence-corrected chi connectivity index (χ3v) is 10.1. The first-order chi connectivity index (χ1) is 18.4. The van der Waals surface area contributed by atoms with E-state index in [0.29, 0.717) is 15.6 Å². The Morgan fingerprint density at radius 2 is 1.63 bits per heavy atom. The Bertz CT molecular complexity index is 1550. The van der Waals surface area contributed by atoms with E-state index in [4.69, 9.17) is 17.3 Å². The van der Waals surface area contributed by atoms with Crippen LogP contribution in [-0.4, -0.2) is 46.8 Å². The lowest BCUT2D eigenvalue weighted by Gasteiger charge is -2.24. The van der Waals surface area contributed by atoms with Gasteiger partial charge in [0.25, 0.3) is 5.91 Å². The standard InChI is InChI=1S/C29H25N3O3S3/c33-28-27(37-29(36)31(28)24-15-16-38(34,35)19-24)17-20-11-13-23(14-12-20)32-26(22-9-5-2-6-10-22)18-25(30-32)21-7-3-1-4-8-21/h1-14,17,24,26H,15-16,18-19H2/b27-17-/t24-,26+/m1/s1. The van der Waals surface area contributed by atoms with E-state index in [0.717, 1.165) is 28.9 Å². The average molecular weight is 560 g/mol. The number of thiocarbonyl (C=S) groups is 1. The van der Waals surface area contributed by atoms with Crippen LogP contribution in [0.1, 0.15) is 35.6 Å². The summed E-state index contributed by atoms with van der Waals surface area (Å²) in [5.41, 5.74) is 5.19. The molecule has 0 radical (unpaired) electrons. The Labute approximate surface area is 232 Å². The summed E-state index contributed by atoms with van der Waals surface area (Å²) in [4.78, 5) is 15.1. The van der Waals surface area contributed by atoms with E-state index >= 15 is 0 Å². The molecule has 3 aliphatic rings. The maximum atomic E-state index is 13.1. The molecule has 6 rings (SSSR count). The molecule has 0 aliphatic carbocycles. The summed E-state index contributed by atoms with van der Waals surface area (Å²) in [6, 6.07) is 28.3. The molecule has 2 fully saturated rings. The fraction of sp³-hybridized carbons (Fsp3) is 0.207. The number of sulfone groups is 1. The van der Waals surface area contributed by atoms with Crippen LogP contribution >= 0.6 is 24.0 Å². The number of rotatable bonds is 5. The highest BCUT2D eigenvalue weighted by molar-refractivity contribution is 8.26. The summed E-state index contributed by atoms with van der Waals surface area (Å²) in [6.45, 7) is 0. The van der Waals surface area contributed by atoms with E-state index in [9.17, 15) is 13.2 Å². The highest BCUT2D eigenvalue weighted by Gasteiger charge is 2.42. The fourth-order valence-corrected chi connectivity index (χ4v) is 8.24. The normalized spacial score (nSPS) is 23.9. The molecule has 3 aromatic rings. The molecule has 0 bridgehead atoms. The Morgan fingerprint density at radius 1 is 0.947 bits per heavy atom. The van der Waals surface area contributed by atoms with Crippen LogP contribution in [0.2, 0.25) is 0 Å². The molecule has 6 nitrogen and oxygen atoms in total. The number of anilines is 1. The minimum absolute atomic E-state index is 0.0225. The number of benzene rings is 3. The molecular formula is C29H25N3O3S3. The maximum Gasteiger partial charge on any atom is 0.266 e. The van der Waals surface area contributed by atoms with E-state index in [2.05, 4.69) is 29.3 Å². The van der Waals surface area contributed by atoms with Crippen molar-refractivity contribution in [2.45, 2.75) is 24.9 Å². The topological polar surface area (TPSA) is 70.1 Å². The first-order valence-electron chi connectivity index (χ1n) is 12.4. The van der Waals surface area contributed by atoms with Gasteiger partial charge in [-0.3, -0.25) is 14.7 Å². The summed E-state index contributed by atoms with van der Waals surface area (Å²) in [7, 11) is -3.11. The number of hydrogen-bond donors (Lipinski definition) is 0. The van der Waals surface area contributed by atoms with Crippen molar-refractivity contribution in [3.8, 4) is 0 Å². The number of carbonyl (C=O) groups is 1. The molecule has 1 amide bonds. The zero-order valence-corrected chi connectivity index (χ0v) is 22.9. The molecule has 3 heterocycles. The summed E-state index contributed by atoms with van der Waals surface area (Å²) in [5, 5.41) is 7.08. The zero-order chi connectivity index (χ0) is 26.3. The predicted octanol–water partition coefficient (Wildman–Crippen LogP) is 5.43. The van der Waals surface area contributed by atoms with Crippen molar-refractivity contribution in [3.05, 3.63) is 107 Å². The summed E-state index contributed by atoms with van der Waals surface area (Å²) in [6.07, 6.45) is 3.06. The molecule has 0 saturated carbocycles. The van der Waals surface area contributed by atoms with E-state index in [1.807, 2.05) is 66.7 Å².